The Morgan fingerprint density at radius 3 is 2.67 bits per heavy atom. The summed E-state index contributed by atoms with van der Waals surface area (Å²) in [4.78, 5) is 3.76. The Kier molecular flexibility index (Phi) is 1.78. The molecule has 0 aliphatic rings. The van der Waals surface area contributed by atoms with Crippen molar-refractivity contribution < 1.29 is 8.94 Å². The van der Waals surface area contributed by atoms with Gasteiger partial charge in [-0.15, -0.1) is 0 Å². The van der Waals surface area contributed by atoms with E-state index in [4.69, 9.17) is 32.1 Å². The number of hydrogen-bond donors (Lipinski definition) is 0. The van der Waals surface area contributed by atoms with Gasteiger partial charge in [0.1, 0.15) is 0 Å². The van der Waals surface area contributed by atoms with Gasteiger partial charge >= 0.3 is 0 Å². The predicted molar refractivity (Wildman–Crippen MR) is 42.0 cm³/mol. The molecule has 0 radical (unpaired) electrons. The lowest BCUT2D eigenvalue weighted by molar-refractivity contribution is 0.429. The van der Waals surface area contributed by atoms with Crippen LogP contribution < -0.4 is 0 Å². The zero-order valence-corrected chi connectivity index (χ0v) is 7.13. The second-order valence-corrected chi connectivity index (χ2v) is 2.66. The molecule has 0 amide bonds. The Hall–Kier alpha value is -1.000. The van der Waals surface area contributed by atoms with Crippen molar-refractivity contribution in [3.05, 3.63) is 22.8 Å². The number of hydrogen-bond acceptors (Lipinski definition) is 4. The minimum Gasteiger partial charge on any atom is -0.452 e. The second kappa shape index (κ2) is 2.80. The maximum Gasteiger partial charge on any atom is 0.264 e. The number of nitrogens with zero attached hydrogens (tertiary/aromatic N) is 2. The summed E-state index contributed by atoms with van der Waals surface area (Å²) in [5, 5.41) is 3.64. The van der Waals surface area contributed by atoms with Crippen LogP contribution in [-0.4, -0.2) is 10.1 Å². The highest BCUT2D eigenvalue weighted by Gasteiger charge is 2.12. The molecule has 2 aromatic heterocycles. The molecule has 0 atom stereocenters. The lowest BCUT2D eigenvalue weighted by atomic mass is 10.3. The lowest BCUT2D eigenvalue weighted by Gasteiger charge is -1.84. The highest BCUT2D eigenvalue weighted by Crippen LogP contribution is 2.27. The van der Waals surface area contributed by atoms with E-state index in [1.54, 1.807) is 6.07 Å². The molecule has 62 valence electrons. The van der Waals surface area contributed by atoms with Crippen molar-refractivity contribution in [1.29, 1.82) is 0 Å². The normalized spacial score (nSPS) is 10.5. The van der Waals surface area contributed by atoms with E-state index in [0.717, 1.165) is 0 Å². The standard InChI is InChI=1S/C6H2Cl2N2O2/c7-4-3(1-2-11-4)5-9-6(8)10-12-5/h1-2H. The van der Waals surface area contributed by atoms with Crippen LogP contribution in [0.5, 0.6) is 0 Å². The average molecular weight is 205 g/mol. The van der Waals surface area contributed by atoms with Gasteiger partial charge in [-0.1, -0.05) is 0 Å². The minimum absolute atomic E-state index is 0.0438. The Balaban J connectivity index is 2.50. The topological polar surface area (TPSA) is 52.1 Å². The zero-order valence-electron chi connectivity index (χ0n) is 5.62. The van der Waals surface area contributed by atoms with Gasteiger partial charge in [0.15, 0.2) is 0 Å². The fraction of sp³-hybridized carbons (Fsp3) is 0. The van der Waals surface area contributed by atoms with Gasteiger partial charge < -0.3 is 8.94 Å². The fourth-order valence-corrected chi connectivity index (χ4v) is 1.07. The van der Waals surface area contributed by atoms with Crippen LogP contribution in [0.2, 0.25) is 10.5 Å². The smallest absolute Gasteiger partial charge is 0.264 e. The summed E-state index contributed by atoms with van der Waals surface area (Å²) in [6, 6.07) is 1.62. The van der Waals surface area contributed by atoms with Gasteiger partial charge in [0.05, 0.1) is 11.8 Å². The first-order valence-electron chi connectivity index (χ1n) is 3.00. The second-order valence-electron chi connectivity index (χ2n) is 1.98. The van der Waals surface area contributed by atoms with E-state index in [2.05, 4.69) is 10.1 Å². The molecule has 0 aliphatic heterocycles. The third-order valence-electron chi connectivity index (χ3n) is 1.25. The molecule has 2 heterocycles. The molecule has 0 unspecified atom stereocenters. The summed E-state index contributed by atoms with van der Waals surface area (Å²) >= 11 is 11.1. The first kappa shape index (κ1) is 7.64. The molecule has 6 heteroatoms. The van der Waals surface area contributed by atoms with E-state index in [0.29, 0.717) is 5.56 Å². The SMILES string of the molecule is Clc1noc(-c2ccoc2Cl)n1. The maximum atomic E-state index is 5.65. The summed E-state index contributed by atoms with van der Waals surface area (Å²) in [7, 11) is 0. The van der Waals surface area contributed by atoms with E-state index < -0.39 is 0 Å². The highest BCUT2D eigenvalue weighted by molar-refractivity contribution is 6.31. The van der Waals surface area contributed by atoms with Crippen molar-refractivity contribution in [2.24, 2.45) is 0 Å². The molecule has 0 bridgehead atoms. The van der Waals surface area contributed by atoms with Crippen molar-refractivity contribution in [1.82, 2.24) is 10.1 Å². The van der Waals surface area contributed by atoms with Crippen molar-refractivity contribution in [3.63, 3.8) is 0 Å². The Morgan fingerprint density at radius 2 is 2.17 bits per heavy atom. The number of furan rings is 1. The third kappa shape index (κ3) is 1.19. The first-order valence-corrected chi connectivity index (χ1v) is 3.75. The summed E-state index contributed by atoms with van der Waals surface area (Å²) in [6.45, 7) is 0. The van der Waals surface area contributed by atoms with Gasteiger partial charge in [-0.25, -0.2) is 0 Å². The van der Waals surface area contributed by atoms with E-state index >= 15 is 0 Å². The van der Waals surface area contributed by atoms with E-state index in [1.807, 2.05) is 0 Å². The van der Waals surface area contributed by atoms with Crippen molar-refractivity contribution in [2.45, 2.75) is 0 Å². The molecule has 0 N–H and O–H groups in total. The Morgan fingerprint density at radius 1 is 1.33 bits per heavy atom. The summed E-state index contributed by atoms with van der Waals surface area (Å²) in [6.07, 6.45) is 1.43. The monoisotopic (exact) mass is 204 g/mol. The number of aromatic nitrogens is 2. The van der Waals surface area contributed by atoms with Gasteiger partial charge in [0, 0.05) is 0 Å². The number of halogens is 2. The molecule has 0 aromatic carbocycles. The molecular formula is C6H2Cl2N2O2. The quantitative estimate of drug-likeness (QED) is 0.717. The maximum absolute atomic E-state index is 5.65. The van der Waals surface area contributed by atoms with Crippen LogP contribution in [0.15, 0.2) is 21.3 Å². The Bertz CT molecular complexity index is 396. The van der Waals surface area contributed by atoms with Crippen LogP contribution >= 0.6 is 23.2 Å². The van der Waals surface area contributed by atoms with Crippen molar-refractivity contribution >= 4 is 23.2 Å². The van der Waals surface area contributed by atoms with Gasteiger partial charge in [0.2, 0.25) is 5.22 Å². The third-order valence-corrected chi connectivity index (χ3v) is 1.70. The number of rotatable bonds is 1. The van der Waals surface area contributed by atoms with E-state index in [1.165, 1.54) is 6.26 Å². The molecule has 0 spiro atoms. The van der Waals surface area contributed by atoms with Crippen molar-refractivity contribution in [2.75, 3.05) is 0 Å². The Labute approximate surface area is 77.1 Å². The molecule has 0 saturated carbocycles. The molecular weight excluding hydrogens is 203 g/mol. The highest BCUT2D eigenvalue weighted by atomic mass is 35.5. The van der Waals surface area contributed by atoms with Crippen LogP contribution in [0.25, 0.3) is 11.5 Å². The first-order chi connectivity index (χ1) is 5.77. The summed E-state index contributed by atoms with van der Waals surface area (Å²) < 4.78 is 9.57. The average Bonchev–Trinajstić information content (AvgIpc) is 2.58. The van der Waals surface area contributed by atoms with Gasteiger partial charge in [-0.2, -0.15) is 4.98 Å². The van der Waals surface area contributed by atoms with Crippen LogP contribution in [-0.2, 0) is 0 Å². The molecule has 0 aliphatic carbocycles. The molecule has 12 heavy (non-hydrogen) atoms. The predicted octanol–water partition coefficient (Wildman–Crippen LogP) is 2.64. The molecule has 2 rings (SSSR count). The molecule has 0 saturated heterocycles. The molecule has 4 nitrogen and oxygen atoms in total. The van der Waals surface area contributed by atoms with Crippen LogP contribution in [0.3, 0.4) is 0 Å². The van der Waals surface area contributed by atoms with Crippen LogP contribution in [0.1, 0.15) is 0 Å². The summed E-state index contributed by atoms with van der Waals surface area (Å²) in [5.74, 6) is 0.249. The van der Waals surface area contributed by atoms with E-state index in [9.17, 15) is 0 Å². The largest absolute Gasteiger partial charge is 0.452 e. The van der Waals surface area contributed by atoms with Gasteiger partial charge in [0.25, 0.3) is 11.2 Å². The van der Waals surface area contributed by atoms with Gasteiger partial charge in [-0.3, -0.25) is 0 Å². The van der Waals surface area contributed by atoms with Crippen LogP contribution in [0.4, 0.5) is 0 Å². The molecule has 0 fully saturated rings. The lowest BCUT2D eigenvalue weighted by Crippen LogP contribution is -1.72. The van der Waals surface area contributed by atoms with Crippen LogP contribution in [0, 0.1) is 0 Å². The van der Waals surface area contributed by atoms with E-state index in [-0.39, 0.29) is 16.4 Å². The molecule has 2 aromatic rings. The summed E-state index contributed by atoms with van der Waals surface area (Å²) in [5.41, 5.74) is 0.538. The van der Waals surface area contributed by atoms with Crippen molar-refractivity contribution in [3.8, 4) is 11.5 Å². The fourth-order valence-electron chi connectivity index (χ4n) is 0.761. The van der Waals surface area contributed by atoms with Gasteiger partial charge in [-0.05, 0) is 34.4 Å². The minimum atomic E-state index is 0.0438. The zero-order chi connectivity index (χ0) is 8.55.